The molecule has 2 rings (SSSR count). The van der Waals surface area contributed by atoms with E-state index >= 15 is 0 Å². The normalized spacial score (nSPS) is 10.9. The van der Waals surface area contributed by atoms with Crippen LogP contribution >= 0.6 is 15.9 Å². The average Bonchev–Trinajstić information content (AvgIpc) is 2.56. The molecule has 0 radical (unpaired) electrons. The van der Waals surface area contributed by atoms with Gasteiger partial charge in [0, 0.05) is 16.6 Å². The van der Waals surface area contributed by atoms with Crippen molar-refractivity contribution in [2.45, 2.75) is 27.0 Å². The second-order valence-electron chi connectivity index (χ2n) is 6.00. The number of methoxy groups -OCH3 is 1. The Bertz CT molecular complexity index is 659. The van der Waals surface area contributed by atoms with E-state index < -0.39 is 0 Å². The van der Waals surface area contributed by atoms with Crippen molar-refractivity contribution in [3.05, 3.63) is 57.8 Å². The third-order valence-electron chi connectivity index (χ3n) is 3.54. The number of ether oxygens (including phenoxy) is 2. The van der Waals surface area contributed by atoms with E-state index in [2.05, 4.69) is 35.1 Å². The summed E-state index contributed by atoms with van der Waals surface area (Å²) in [6, 6.07) is 10.1. The number of hydrogen-bond acceptors (Lipinski definition) is 3. The standard InChI is InChI=1S/C19H23BrFNO2/c1-13(2)10-22-11-16-17(20)8-9-18(23-3)19(16)24-12-14-4-6-15(21)7-5-14/h4-9,13,22H,10-12H2,1-3H3. The van der Waals surface area contributed by atoms with Gasteiger partial charge in [0.2, 0.25) is 0 Å². The molecule has 1 N–H and O–H groups in total. The summed E-state index contributed by atoms with van der Waals surface area (Å²) in [7, 11) is 1.62. The molecule has 0 aliphatic heterocycles. The molecule has 0 amide bonds. The molecule has 0 aromatic heterocycles. The molecule has 24 heavy (non-hydrogen) atoms. The zero-order chi connectivity index (χ0) is 17.5. The Balaban J connectivity index is 2.18. The lowest BCUT2D eigenvalue weighted by Gasteiger charge is -2.17. The van der Waals surface area contributed by atoms with Crippen LogP contribution in [0.1, 0.15) is 25.0 Å². The van der Waals surface area contributed by atoms with E-state index in [1.54, 1.807) is 19.2 Å². The first-order chi connectivity index (χ1) is 11.5. The van der Waals surface area contributed by atoms with Crippen molar-refractivity contribution in [3.63, 3.8) is 0 Å². The molecule has 0 fully saturated rings. The summed E-state index contributed by atoms with van der Waals surface area (Å²) >= 11 is 3.59. The van der Waals surface area contributed by atoms with Crippen molar-refractivity contribution in [2.24, 2.45) is 5.92 Å². The van der Waals surface area contributed by atoms with Crippen LogP contribution in [0.15, 0.2) is 40.9 Å². The van der Waals surface area contributed by atoms with E-state index in [4.69, 9.17) is 9.47 Å². The maximum atomic E-state index is 13.0. The molecule has 2 aromatic rings. The summed E-state index contributed by atoms with van der Waals surface area (Å²) in [5.41, 5.74) is 1.91. The predicted octanol–water partition coefficient (Wildman–Crippen LogP) is 4.92. The van der Waals surface area contributed by atoms with E-state index in [0.29, 0.717) is 30.6 Å². The third kappa shape index (κ3) is 5.21. The Morgan fingerprint density at radius 1 is 1.12 bits per heavy atom. The van der Waals surface area contributed by atoms with E-state index in [9.17, 15) is 4.39 Å². The number of benzene rings is 2. The van der Waals surface area contributed by atoms with Gasteiger partial charge in [0.15, 0.2) is 11.5 Å². The Kier molecular flexibility index (Phi) is 7.06. The first kappa shape index (κ1) is 18.7. The Morgan fingerprint density at radius 2 is 1.83 bits per heavy atom. The second-order valence-corrected chi connectivity index (χ2v) is 6.85. The van der Waals surface area contributed by atoms with Crippen molar-refractivity contribution in [2.75, 3.05) is 13.7 Å². The summed E-state index contributed by atoms with van der Waals surface area (Å²) in [6.45, 7) is 6.28. The highest BCUT2D eigenvalue weighted by Crippen LogP contribution is 2.36. The van der Waals surface area contributed by atoms with E-state index in [1.165, 1.54) is 12.1 Å². The monoisotopic (exact) mass is 395 g/mol. The molecule has 0 unspecified atom stereocenters. The van der Waals surface area contributed by atoms with Crippen LogP contribution in [0.4, 0.5) is 4.39 Å². The van der Waals surface area contributed by atoms with Crippen LogP contribution in [-0.2, 0) is 13.2 Å². The van der Waals surface area contributed by atoms with Gasteiger partial charge in [-0.25, -0.2) is 4.39 Å². The smallest absolute Gasteiger partial charge is 0.167 e. The molecule has 5 heteroatoms. The van der Waals surface area contributed by atoms with Crippen LogP contribution in [0.3, 0.4) is 0 Å². The molecule has 3 nitrogen and oxygen atoms in total. The van der Waals surface area contributed by atoms with Crippen LogP contribution in [0.5, 0.6) is 11.5 Å². The molecule has 0 aliphatic rings. The molecule has 0 atom stereocenters. The second kappa shape index (κ2) is 9.04. The number of halogens is 2. The fourth-order valence-corrected chi connectivity index (χ4v) is 2.74. The van der Waals surface area contributed by atoms with Gasteiger partial charge in [-0.2, -0.15) is 0 Å². The van der Waals surface area contributed by atoms with E-state index in [-0.39, 0.29) is 5.82 Å². The fourth-order valence-electron chi connectivity index (χ4n) is 2.29. The van der Waals surface area contributed by atoms with E-state index in [0.717, 1.165) is 22.1 Å². The molecule has 0 spiro atoms. The fraction of sp³-hybridized carbons (Fsp3) is 0.368. The van der Waals surface area contributed by atoms with Crippen LogP contribution in [-0.4, -0.2) is 13.7 Å². The van der Waals surface area contributed by atoms with Crippen molar-refractivity contribution in [1.82, 2.24) is 5.32 Å². The maximum Gasteiger partial charge on any atom is 0.167 e. The molecular weight excluding hydrogens is 373 g/mol. The SMILES string of the molecule is COc1ccc(Br)c(CNCC(C)C)c1OCc1ccc(F)cc1. The zero-order valence-electron chi connectivity index (χ0n) is 14.2. The van der Waals surface area contributed by atoms with Gasteiger partial charge in [-0.05, 0) is 42.3 Å². The highest BCUT2D eigenvalue weighted by molar-refractivity contribution is 9.10. The van der Waals surface area contributed by atoms with Crippen molar-refractivity contribution >= 4 is 15.9 Å². The molecule has 0 bridgehead atoms. The van der Waals surface area contributed by atoms with E-state index in [1.807, 2.05) is 12.1 Å². The summed E-state index contributed by atoms with van der Waals surface area (Å²) in [5, 5.41) is 3.42. The highest BCUT2D eigenvalue weighted by Gasteiger charge is 2.15. The van der Waals surface area contributed by atoms with Crippen LogP contribution in [0.25, 0.3) is 0 Å². The number of rotatable bonds is 8. The Morgan fingerprint density at radius 3 is 2.46 bits per heavy atom. The molecule has 0 saturated carbocycles. The van der Waals surface area contributed by atoms with Crippen molar-refractivity contribution in [1.29, 1.82) is 0 Å². The van der Waals surface area contributed by atoms with Crippen LogP contribution in [0, 0.1) is 11.7 Å². The quantitative estimate of drug-likeness (QED) is 0.687. The highest BCUT2D eigenvalue weighted by atomic mass is 79.9. The minimum absolute atomic E-state index is 0.252. The third-order valence-corrected chi connectivity index (χ3v) is 4.28. The van der Waals surface area contributed by atoms with Gasteiger partial charge >= 0.3 is 0 Å². The van der Waals surface area contributed by atoms with Gasteiger partial charge < -0.3 is 14.8 Å². The summed E-state index contributed by atoms with van der Waals surface area (Å²) in [6.07, 6.45) is 0. The van der Waals surface area contributed by atoms with Gasteiger partial charge in [-0.3, -0.25) is 0 Å². The van der Waals surface area contributed by atoms with Gasteiger partial charge in [0.25, 0.3) is 0 Å². The topological polar surface area (TPSA) is 30.5 Å². The lowest BCUT2D eigenvalue weighted by atomic mass is 10.1. The van der Waals surface area contributed by atoms with Crippen molar-refractivity contribution in [3.8, 4) is 11.5 Å². The van der Waals surface area contributed by atoms with Gasteiger partial charge in [-0.1, -0.05) is 41.9 Å². The molecule has 0 heterocycles. The largest absolute Gasteiger partial charge is 0.493 e. The molecule has 2 aromatic carbocycles. The first-order valence-corrected chi connectivity index (χ1v) is 8.74. The lowest BCUT2D eigenvalue weighted by Crippen LogP contribution is -2.20. The molecule has 0 aliphatic carbocycles. The van der Waals surface area contributed by atoms with Gasteiger partial charge in [0.1, 0.15) is 12.4 Å². The number of hydrogen-bond donors (Lipinski definition) is 1. The first-order valence-electron chi connectivity index (χ1n) is 7.94. The molecular formula is C19H23BrFNO2. The molecule has 130 valence electrons. The molecule has 0 saturated heterocycles. The summed E-state index contributed by atoms with van der Waals surface area (Å²) < 4.78 is 25.4. The average molecular weight is 396 g/mol. The van der Waals surface area contributed by atoms with Crippen molar-refractivity contribution < 1.29 is 13.9 Å². The summed E-state index contributed by atoms with van der Waals surface area (Å²) in [4.78, 5) is 0. The predicted molar refractivity (Wildman–Crippen MR) is 98.0 cm³/mol. The Labute approximate surface area is 151 Å². The Hall–Kier alpha value is -1.59. The van der Waals surface area contributed by atoms with Crippen LogP contribution < -0.4 is 14.8 Å². The minimum Gasteiger partial charge on any atom is -0.493 e. The maximum absolute atomic E-state index is 13.0. The lowest BCUT2D eigenvalue weighted by molar-refractivity contribution is 0.280. The minimum atomic E-state index is -0.252. The summed E-state index contributed by atoms with van der Waals surface area (Å²) in [5.74, 6) is 1.70. The number of nitrogens with one attached hydrogen (secondary N) is 1. The van der Waals surface area contributed by atoms with Crippen LogP contribution in [0.2, 0.25) is 0 Å². The van der Waals surface area contributed by atoms with Gasteiger partial charge in [-0.15, -0.1) is 0 Å². The van der Waals surface area contributed by atoms with Gasteiger partial charge in [0.05, 0.1) is 7.11 Å². The zero-order valence-corrected chi connectivity index (χ0v) is 15.8.